The summed E-state index contributed by atoms with van der Waals surface area (Å²) in [6.45, 7) is 0. The molecule has 0 radical (unpaired) electrons. The van der Waals surface area contributed by atoms with Gasteiger partial charge in [-0.1, -0.05) is 48.0 Å². The molecule has 0 aliphatic carbocycles. The third-order valence-corrected chi connectivity index (χ3v) is 3.18. The molecule has 0 aliphatic heterocycles. The zero-order valence-corrected chi connectivity index (χ0v) is 12.2. The molecule has 7 heteroatoms. The average molecular weight is 318 g/mol. The number of carbonyl (C=O) groups excluding carboxylic acids is 1. The number of nitro groups is 1. The molecule has 1 amide bonds. The molecule has 0 bridgehead atoms. The first kappa shape index (κ1) is 15.7. The molecule has 22 heavy (non-hydrogen) atoms. The molecule has 2 rings (SSSR count). The van der Waals surface area contributed by atoms with Gasteiger partial charge in [-0.05, 0) is 6.07 Å². The van der Waals surface area contributed by atoms with Crippen LogP contribution < -0.4 is 5.43 Å². The van der Waals surface area contributed by atoms with Crippen molar-refractivity contribution in [2.75, 3.05) is 0 Å². The minimum absolute atomic E-state index is 0.0901. The Kier molecular flexibility index (Phi) is 5.21. The Labute approximate surface area is 131 Å². The number of nitro benzene ring substituents is 1. The van der Waals surface area contributed by atoms with Gasteiger partial charge in [0, 0.05) is 22.2 Å². The molecule has 2 aromatic rings. The van der Waals surface area contributed by atoms with Gasteiger partial charge in [-0.2, -0.15) is 5.10 Å². The number of halogens is 1. The quantitative estimate of drug-likeness (QED) is 0.522. The van der Waals surface area contributed by atoms with Crippen LogP contribution >= 0.6 is 11.6 Å². The predicted octanol–water partition coefficient (Wildman–Crippen LogP) is 2.94. The molecule has 0 aromatic heterocycles. The van der Waals surface area contributed by atoms with Crippen LogP contribution in [0.25, 0.3) is 0 Å². The molecule has 0 fully saturated rings. The van der Waals surface area contributed by atoms with E-state index in [-0.39, 0.29) is 12.1 Å². The summed E-state index contributed by atoms with van der Waals surface area (Å²) in [5.41, 5.74) is 3.23. The monoisotopic (exact) mass is 317 g/mol. The summed E-state index contributed by atoms with van der Waals surface area (Å²) < 4.78 is 0. The number of hydrogen-bond donors (Lipinski definition) is 1. The van der Waals surface area contributed by atoms with Crippen LogP contribution in [0.5, 0.6) is 0 Å². The van der Waals surface area contributed by atoms with Gasteiger partial charge in [-0.25, -0.2) is 5.43 Å². The second-order valence-corrected chi connectivity index (χ2v) is 4.78. The summed E-state index contributed by atoms with van der Waals surface area (Å²) in [6.07, 6.45) is 1.29. The largest absolute Gasteiger partial charge is 0.273 e. The fourth-order valence-electron chi connectivity index (χ4n) is 1.80. The lowest BCUT2D eigenvalue weighted by atomic mass is 10.1. The maximum atomic E-state index is 11.8. The summed E-state index contributed by atoms with van der Waals surface area (Å²) in [6, 6.07) is 13.1. The molecular formula is C15H12ClN3O3. The van der Waals surface area contributed by atoms with Crippen molar-refractivity contribution >= 4 is 29.4 Å². The van der Waals surface area contributed by atoms with Crippen LogP contribution in [0.1, 0.15) is 11.1 Å². The van der Waals surface area contributed by atoms with Crippen molar-refractivity contribution in [2.24, 2.45) is 5.10 Å². The van der Waals surface area contributed by atoms with Crippen LogP contribution in [-0.4, -0.2) is 17.0 Å². The first-order valence-corrected chi connectivity index (χ1v) is 6.74. The number of para-hydroxylation sites is 1. The van der Waals surface area contributed by atoms with Crippen LogP contribution in [-0.2, 0) is 11.2 Å². The molecule has 0 heterocycles. The van der Waals surface area contributed by atoms with Crippen molar-refractivity contribution in [3.63, 3.8) is 0 Å². The highest BCUT2D eigenvalue weighted by molar-refractivity contribution is 6.33. The number of hydrogen-bond acceptors (Lipinski definition) is 4. The van der Waals surface area contributed by atoms with E-state index >= 15 is 0 Å². The number of nitrogens with one attached hydrogen (secondary N) is 1. The Morgan fingerprint density at radius 3 is 2.64 bits per heavy atom. The van der Waals surface area contributed by atoms with Gasteiger partial charge in [0.15, 0.2) is 0 Å². The van der Waals surface area contributed by atoms with E-state index in [0.29, 0.717) is 16.1 Å². The van der Waals surface area contributed by atoms with Gasteiger partial charge in [0.25, 0.3) is 5.69 Å². The molecule has 2 aromatic carbocycles. The third-order valence-electron chi connectivity index (χ3n) is 2.84. The minimum atomic E-state index is -0.518. The SMILES string of the molecule is O=C(Cc1ccccc1[N+](=O)[O-])N/N=C/c1ccccc1Cl. The number of hydrazone groups is 1. The molecule has 6 nitrogen and oxygen atoms in total. The van der Waals surface area contributed by atoms with E-state index in [1.807, 2.05) is 0 Å². The fourth-order valence-corrected chi connectivity index (χ4v) is 1.99. The van der Waals surface area contributed by atoms with Gasteiger partial charge in [0.1, 0.15) is 0 Å². The van der Waals surface area contributed by atoms with E-state index in [0.717, 1.165) is 0 Å². The van der Waals surface area contributed by atoms with E-state index in [2.05, 4.69) is 10.5 Å². The second kappa shape index (κ2) is 7.33. The molecule has 1 N–H and O–H groups in total. The standard InChI is InChI=1S/C15H12ClN3O3/c16-13-7-3-1-6-12(13)10-17-18-15(20)9-11-5-2-4-8-14(11)19(21)22/h1-8,10H,9H2,(H,18,20)/b17-10+. The van der Waals surface area contributed by atoms with Gasteiger partial charge in [0.2, 0.25) is 5.91 Å². The van der Waals surface area contributed by atoms with Crippen LogP contribution in [0.2, 0.25) is 5.02 Å². The molecule has 0 aliphatic rings. The maximum absolute atomic E-state index is 11.8. The molecule has 0 saturated heterocycles. The summed E-state index contributed by atoms with van der Waals surface area (Å²) in [7, 11) is 0. The van der Waals surface area contributed by atoms with Crippen LogP contribution in [0.15, 0.2) is 53.6 Å². The molecule has 0 atom stereocenters. The minimum Gasteiger partial charge on any atom is -0.273 e. The van der Waals surface area contributed by atoms with E-state index in [1.54, 1.807) is 36.4 Å². The van der Waals surface area contributed by atoms with Gasteiger partial charge in [0.05, 0.1) is 17.6 Å². The van der Waals surface area contributed by atoms with Gasteiger partial charge in [-0.3, -0.25) is 14.9 Å². The Hall–Kier alpha value is -2.73. The number of rotatable bonds is 5. The molecular weight excluding hydrogens is 306 g/mol. The third kappa shape index (κ3) is 4.13. The topological polar surface area (TPSA) is 84.6 Å². The zero-order valence-electron chi connectivity index (χ0n) is 11.4. The lowest BCUT2D eigenvalue weighted by Gasteiger charge is -2.02. The Morgan fingerprint density at radius 2 is 1.91 bits per heavy atom. The van der Waals surface area contributed by atoms with Gasteiger partial charge in [-0.15, -0.1) is 0 Å². The Balaban J connectivity index is 2.00. The van der Waals surface area contributed by atoms with Crippen LogP contribution in [0.3, 0.4) is 0 Å². The smallest absolute Gasteiger partial charge is 0.273 e. The van der Waals surface area contributed by atoms with E-state index in [9.17, 15) is 14.9 Å². The number of nitrogens with zero attached hydrogens (tertiary/aromatic N) is 2. The lowest BCUT2D eigenvalue weighted by Crippen LogP contribution is -2.20. The van der Waals surface area contributed by atoms with Crippen molar-refractivity contribution < 1.29 is 9.72 Å². The average Bonchev–Trinajstić information content (AvgIpc) is 2.49. The van der Waals surface area contributed by atoms with E-state index in [1.165, 1.54) is 18.3 Å². The summed E-state index contributed by atoms with van der Waals surface area (Å²) in [4.78, 5) is 22.1. The molecule has 0 saturated carbocycles. The predicted molar refractivity (Wildman–Crippen MR) is 84.0 cm³/mol. The number of amides is 1. The van der Waals surface area contributed by atoms with Crippen LogP contribution in [0.4, 0.5) is 5.69 Å². The van der Waals surface area contributed by atoms with Crippen molar-refractivity contribution in [1.82, 2.24) is 5.43 Å². The van der Waals surface area contributed by atoms with Crippen molar-refractivity contribution in [3.8, 4) is 0 Å². The first-order valence-electron chi connectivity index (χ1n) is 6.36. The highest BCUT2D eigenvalue weighted by Crippen LogP contribution is 2.18. The Morgan fingerprint density at radius 1 is 1.23 bits per heavy atom. The number of benzene rings is 2. The molecule has 0 spiro atoms. The molecule has 0 unspecified atom stereocenters. The summed E-state index contributed by atoms with van der Waals surface area (Å²) in [5.74, 6) is -0.447. The highest BCUT2D eigenvalue weighted by Gasteiger charge is 2.14. The van der Waals surface area contributed by atoms with Crippen molar-refractivity contribution in [2.45, 2.75) is 6.42 Å². The van der Waals surface area contributed by atoms with Crippen LogP contribution in [0, 0.1) is 10.1 Å². The second-order valence-electron chi connectivity index (χ2n) is 4.38. The number of carbonyl (C=O) groups is 1. The van der Waals surface area contributed by atoms with Crippen molar-refractivity contribution in [3.05, 3.63) is 74.8 Å². The van der Waals surface area contributed by atoms with E-state index in [4.69, 9.17) is 11.6 Å². The summed E-state index contributed by atoms with van der Waals surface area (Å²) in [5, 5.41) is 15.2. The molecule has 112 valence electrons. The van der Waals surface area contributed by atoms with Gasteiger partial charge >= 0.3 is 0 Å². The fraction of sp³-hybridized carbons (Fsp3) is 0.0667. The highest BCUT2D eigenvalue weighted by atomic mass is 35.5. The van der Waals surface area contributed by atoms with Crippen molar-refractivity contribution in [1.29, 1.82) is 0 Å². The Bertz CT molecular complexity index is 731. The van der Waals surface area contributed by atoms with E-state index < -0.39 is 10.8 Å². The lowest BCUT2D eigenvalue weighted by molar-refractivity contribution is -0.385. The first-order chi connectivity index (χ1) is 10.6. The normalized spacial score (nSPS) is 10.6. The summed E-state index contributed by atoms with van der Waals surface area (Å²) >= 11 is 5.95. The zero-order chi connectivity index (χ0) is 15.9. The maximum Gasteiger partial charge on any atom is 0.273 e. The van der Waals surface area contributed by atoms with Gasteiger partial charge < -0.3 is 0 Å².